The number of carbonyl (C=O) groups excluding carboxylic acids is 2. The molecule has 0 spiro atoms. The molecule has 1 aromatic rings. The maximum atomic E-state index is 12.1. The molecule has 3 rings (SSSR count). The minimum Gasteiger partial charge on any atom is -0.338 e. The van der Waals surface area contributed by atoms with Crippen molar-refractivity contribution in [2.24, 2.45) is 0 Å². The second kappa shape index (κ2) is 9.86. The summed E-state index contributed by atoms with van der Waals surface area (Å²) in [5.41, 5.74) is 1.57. The molecule has 1 aliphatic carbocycles. The van der Waals surface area contributed by atoms with Crippen molar-refractivity contribution in [1.82, 2.24) is 5.32 Å². The van der Waals surface area contributed by atoms with Crippen molar-refractivity contribution in [3.05, 3.63) is 24.3 Å². The summed E-state index contributed by atoms with van der Waals surface area (Å²) in [6, 6.07) is 7.31. The fraction of sp³-hybridized carbons (Fsp3) is 0.600. The first-order chi connectivity index (χ1) is 12.7. The molecule has 1 aromatic carbocycles. The van der Waals surface area contributed by atoms with Crippen LogP contribution in [0.15, 0.2) is 24.3 Å². The Kier molecular flexibility index (Phi) is 7.23. The van der Waals surface area contributed by atoms with Gasteiger partial charge in [-0.1, -0.05) is 25.3 Å². The summed E-state index contributed by atoms with van der Waals surface area (Å²) in [6.45, 7) is 1.45. The summed E-state index contributed by atoms with van der Waals surface area (Å²) >= 11 is 2.06. The highest BCUT2D eigenvalue weighted by Crippen LogP contribution is 2.28. The first-order valence-corrected chi connectivity index (χ1v) is 10.8. The first kappa shape index (κ1) is 19.1. The fourth-order valence-electron chi connectivity index (χ4n) is 3.60. The van der Waals surface area contributed by atoms with E-state index in [4.69, 9.17) is 0 Å². The highest BCUT2D eigenvalue weighted by atomic mass is 32.2. The number of rotatable bonds is 7. The number of hydrogen-bond acceptors (Lipinski definition) is 3. The zero-order valence-corrected chi connectivity index (χ0v) is 16.2. The van der Waals surface area contributed by atoms with Crippen LogP contribution in [0.3, 0.4) is 0 Å². The molecular formula is C20H29N3O2S. The van der Waals surface area contributed by atoms with Gasteiger partial charge in [0, 0.05) is 36.1 Å². The van der Waals surface area contributed by atoms with Gasteiger partial charge >= 0.3 is 6.03 Å². The van der Waals surface area contributed by atoms with Crippen LogP contribution < -0.4 is 15.5 Å². The summed E-state index contributed by atoms with van der Waals surface area (Å²) in [5, 5.41) is 6.62. The van der Waals surface area contributed by atoms with Crippen LogP contribution in [0.4, 0.5) is 16.2 Å². The molecule has 5 nitrogen and oxygen atoms in total. The minimum absolute atomic E-state index is 0.155. The molecule has 0 radical (unpaired) electrons. The number of hydrogen-bond donors (Lipinski definition) is 2. The van der Waals surface area contributed by atoms with E-state index in [0.29, 0.717) is 13.0 Å². The van der Waals surface area contributed by atoms with E-state index in [1.807, 2.05) is 24.3 Å². The lowest BCUT2D eigenvalue weighted by Crippen LogP contribution is -2.30. The van der Waals surface area contributed by atoms with Gasteiger partial charge in [-0.15, -0.1) is 0 Å². The molecule has 1 saturated carbocycles. The Labute approximate surface area is 160 Å². The van der Waals surface area contributed by atoms with Crippen molar-refractivity contribution in [1.29, 1.82) is 0 Å². The fourth-order valence-corrected chi connectivity index (χ4v) is 4.91. The smallest absolute Gasteiger partial charge is 0.319 e. The highest BCUT2D eigenvalue weighted by Gasteiger charge is 2.21. The largest absolute Gasteiger partial charge is 0.338 e. The molecule has 3 amide bonds. The molecule has 1 heterocycles. The third kappa shape index (κ3) is 5.66. The van der Waals surface area contributed by atoms with Gasteiger partial charge in [-0.25, -0.2) is 4.79 Å². The first-order valence-electron chi connectivity index (χ1n) is 9.79. The van der Waals surface area contributed by atoms with Gasteiger partial charge < -0.3 is 15.5 Å². The Balaban J connectivity index is 1.36. The van der Waals surface area contributed by atoms with Crippen molar-refractivity contribution < 1.29 is 9.59 Å². The third-order valence-corrected chi connectivity index (χ3v) is 6.47. The minimum atomic E-state index is -0.183. The van der Waals surface area contributed by atoms with E-state index in [9.17, 15) is 9.59 Å². The van der Waals surface area contributed by atoms with E-state index < -0.39 is 0 Å². The molecular weight excluding hydrogens is 346 g/mol. The van der Waals surface area contributed by atoms with Gasteiger partial charge in [-0.3, -0.25) is 4.79 Å². The van der Waals surface area contributed by atoms with Gasteiger partial charge in [-0.2, -0.15) is 11.8 Å². The Morgan fingerprint density at radius 3 is 2.81 bits per heavy atom. The van der Waals surface area contributed by atoms with Crippen molar-refractivity contribution in [3.8, 4) is 0 Å². The Hall–Kier alpha value is -1.69. The lowest BCUT2D eigenvalue weighted by molar-refractivity contribution is -0.117. The van der Waals surface area contributed by atoms with Crippen LogP contribution >= 0.6 is 11.8 Å². The molecule has 2 aliphatic rings. The predicted octanol–water partition coefficient (Wildman–Crippen LogP) is 4.39. The van der Waals surface area contributed by atoms with Gasteiger partial charge in [0.1, 0.15) is 0 Å². The normalized spacial score (nSPS) is 18.2. The predicted molar refractivity (Wildman–Crippen MR) is 109 cm³/mol. The molecule has 0 bridgehead atoms. The Morgan fingerprint density at radius 2 is 2.04 bits per heavy atom. The van der Waals surface area contributed by atoms with Crippen molar-refractivity contribution in [2.45, 2.75) is 56.6 Å². The maximum absolute atomic E-state index is 12.1. The van der Waals surface area contributed by atoms with E-state index in [1.165, 1.54) is 32.1 Å². The van der Waals surface area contributed by atoms with Crippen LogP contribution in [0, 0.1) is 0 Å². The van der Waals surface area contributed by atoms with E-state index >= 15 is 0 Å². The zero-order valence-electron chi connectivity index (χ0n) is 15.3. The molecule has 142 valence electrons. The van der Waals surface area contributed by atoms with Crippen LogP contribution in [0.5, 0.6) is 0 Å². The van der Waals surface area contributed by atoms with Crippen LogP contribution in [-0.2, 0) is 4.79 Å². The van der Waals surface area contributed by atoms with Crippen LogP contribution in [0.2, 0.25) is 0 Å². The number of urea groups is 1. The molecule has 2 fully saturated rings. The Bertz CT molecular complexity index is 617. The number of benzene rings is 1. The van der Waals surface area contributed by atoms with Gasteiger partial charge in [0.2, 0.25) is 5.91 Å². The molecule has 1 aliphatic heterocycles. The second-order valence-corrected chi connectivity index (χ2v) is 8.47. The average molecular weight is 376 g/mol. The standard InChI is InChI=1S/C20H29N3O2S/c24-19-11-5-13-23(19)17-8-4-7-16(15-17)22-20(25)21-12-6-14-26-18-9-2-1-3-10-18/h4,7-8,15,18H,1-3,5-6,9-14H2,(H2,21,22,25). The van der Waals surface area contributed by atoms with Gasteiger partial charge in [0.15, 0.2) is 0 Å². The highest BCUT2D eigenvalue weighted by molar-refractivity contribution is 7.99. The lowest BCUT2D eigenvalue weighted by atomic mass is 10.0. The van der Waals surface area contributed by atoms with Crippen molar-refractivity contribution in [3.63, 3.8) is 0 Å². The molecule has 2 N–H and O–H groups in total. The average Bonchev–Trinajstić information content (AvgIpc) is 3.08. The van der Waals surface area contributed by atoms with Gasteiger partial charge in [0.25, 0.3) is 0 Å². The van der Waals surface area contributed by atoms with Gasteiger partial charge in [0.05, 0.1) is 0 Å². The van der Waals surface area contributed by atoms with E-state index in [-0.39, 0.29) is 11.9 Å². The van der Waals surface area contributed by atoms with E-state index in [0.717, 1.165) is 41.8 Å². The maximum Gasteiger partial charge on any atom is 0.319 e. The summed E-state index contributed by atoms with van der Waals surface area (Å²) in [6.07, 6.45) is 9.36. The second-order valence-electron chi connectivity index (χ2n) is 7.06. The molecule has 0 atom stereocenters. The molecule has 1 saturated heterocycles. The summed E-state index contributed by atoms with van der Waals surface area (Å²) in [5.74, 6) is 1.26. The number of thioether (sulfide) groups is 1. The van der Waals surface area contributed by atoms with Crippen LogP contribution in [0.25, 0.3) is 0 Å². The monoisotopic (exact) mass is 375 g/mol. The number of carbonyl (C=O) groups is 2. The number of amides is 3. The topological polar surface area (TPSA) is 61.4 Å². The molecule has 0 aromatic heterocycles. The van der Waals surface area contributed by atoms with E-state index in [2.05, 4.69) is 22.4 Å². The quantitative estimate of drug-likeness (QED) is 0.695. The summed E-state index contributed by atoms with van der Waals surface area (Å²) < 4.78 is 0. The zero-order chi connectivity index (χ0) is 18.2. The summed E-state index contributed by atoms with van der Waals surface area (Å²) in [4.78, 5) is 25.7. The van der Waals surface area contributed by atoms with Crippen molar-refractivity contribution in [2.75, 3.05) is 29.1 Å². The van der Waals surface area contributed by atoms with Crippen LogP contribution in [0.1, 0.15) is 51.4 Å². The number of nitrogens with one attached hydrogen (secondary N) is 2. The number of nitrogens with zero attached hydrogens (tertiary/aromatic N) is 1. The van der Waals surface area contributed by atoms with E-state index in [1.54, 1.807) is 4.90 Å². The lowest BCUT2D eigenvalue weighted by Gasteiger charge is -2.20. The molecule has 6 heteroatoms. The third-order valence-electron chi connectivity index (χ3n) is 5.00. The Morgan fingerprint density at radius 1 is 1.19 bits per heavy atom. The van der Waals surface area contributed by atoms with Crippen LogP contribution in [-0.4, -0.2) is 36.0 Å². The summed E-state index contributed by atoms with van der Waals surface area (Å²) in [7, 11) is 0. The molecule has 26 heavy (non-hydrogen) atoms. The molecule has 0 unspecified atom stereocenters. The SMILES string of the molecule is O=C(NCCCSC1CCCCC1)Nc1cccc(N2CCCC2=O)c1. The van der Waals surface area contributed by atoms with Gasteiger partial charge in [-0.05, 0) is 49.6 Å². The van der Waals surface area contributed by atoms with Crippen molar-refractivity contribution >= 4 is 35.1 Å². The number of anilines is 2.